The fourth-order valence-electron chi connectivity index (χ4n) is 2.23. The molecule has 0 aliphatic heterocycles. The van der Waals surface area contributed by atoms with E-state index in [1.165, 1.54) is 5.56 Å². The molecule has 102 valence electrons. The maximum Gasteiger partial charge on any atom is 0.0270 e. The molecule has 1 atom stereocenters. The van der Waals surface area contributed by atoms with Crippen LogP contribution in [0.2, 0.25) is 0 Å². The van der Waals surface area contributed by atoms with E-state index in [0.29, 0.717) is 12.0 Å². The van der Waals surface area contributed by atoms with Crippen molar-refractivity contribution in [2.45, 2.75) is 39.7 Å². The zero-order valence-electron chi connectivity index (χ0n) is 12.0. The van der Waals surface area contributed by atoms with Crippen molar-refractivity contribution in [1.82, 2.24) is 9.88 Å². The van der Waals surface area contributed by atoms with E-state index in [0.717, 1.165) is 32.5 Å². The molecule has 0 spiro atoms. The third kappa shape index (κ3) is 6.12. The second kappa shape index (κ2) is 8.22. The van der Waals surface area contributed by atoms with Crippen LogP contribution in [0.15, 0.2) is 24.5 Å². The van der Waals surface area contributed by atoms with Crippen LogP contribution in [0.5, 0.6) is 0 Å². The summed E-state index contributed by atoms with van der Waals surface area (Å²) in [5.74, 6) is 0.680. The standard InChI is InChI=1S/C15H27N3/c1-4-18(12-15(16)11-13(2)3)10-7-14-5-8-17-9-6-14/h5-6,8-9,13,15H,4,7,10-12,16H2,1-3H3/t15-/m0/s1. The topological polar surface area (TPSA) is 42.2 Å². The molecule has 0 aliphatic rings. The van der Waals surface area contributed by atoms with Gasteiger partial charge in [-0.15, -0.1) is 0 Å². The fourth-order valence-corrected chi connectivity index (χ4v) is 2.23. The molecule has 1 aromatic rings. The second-order valence-corrected chi connectivity index (χ2v) is 5.39. The first kappa shape index (κ1) is 15.1. The van der Waals surface area contributed by atoms with Gasteiger partial charge in [0, 0.05) is 31.5 Å². The third-order valence-corrected chi connectivity index (χ3v) is 3.18. The van der Waals surface area contributed by atoms with Gasteiger partial charge in [0.25, 0.3) is 0 Å². The molecule has 0 aliphatic carbocycles. The van der Waals surface area contributed by atoms with E-state index in [9.17, 15) is 0 Å². The first-order valence-corrected chi connectivity index (χ1v) is 6.98. The van der Waals surface area contributed by atoms with Gasteiger partial charge in [-0.3, -0.25) is 4.98 Å². The van der Waals surface area contributed by atoms with Crippen molar-refractivity contribution in [2.24, 2.45) is 11.7 Å². The maximum atomic E-state index is 6.17. The Balaban J connectivity index is 2.33. The third-order valence-electron chi connectivity index (χ3n) is 3.18. The van der Waals surface area contributed by atoms with Crippen molar-refractivity contribution in [3.8, 4) is 0 Å². The summed E-state index contributed by atoms with van der Waals surface area (Å²) >= 11 is 0. The van der Waals surface area contributed by atoms with Crippen LogP contribution >= 0.6 is 0 Å². The summed E-state index contributed by atoms with van der Waals surface area (Å²) in [6.45, 7) is 9.80. The Morgan fingerprint density at radius 3 is 2.50 bits per heavy atom. The van der Waals surface area contributed by atoms with Crippen molar-refractivity contribution in [3.63, 3.8) is 0 Å². The number of hydrogen-bond donors (Lipinski definition) is 1. The van der Waals surface area contributed by atoms with E-state index < -0.39 is 0 Å². The Bertz CT molecular complexity index is 311. The molecule has 0 amide bonds. The van der Waals surface area contributed by atoms with Crippen molar-refractivity contribution < 1.29 is 0 Å². The summed E-state index contributed by atoms with van der Waals surface area (Å²) < 4.78 is 0. The first-order valence-electron chi connectivity index (χ1n) is 6.98. The van der Waals surface area contributed by atoms with Gasteiger partial charge < -0.3 is 10.6 Å². The molecule has 0 unspecified atom stereocenters. The average molecular weight is 249 g/mol. The predicted molar refractivity (Wildman–Crippen MR) is 77.5 cm³/mol. The molecule has 1 heterocycles. The highest BCUT2D eigenvalue weighted by Gasteiger charge is 2.10. The van der Waals surface area contributed by atoms with Crippen LogP contribution in [0.4, 0.5) is 0 Å². The lowest BCUT2D eigenvalue weighted by Gasteiger charge is -2.25. The number of nitrogens with two attached hydrogens (primary N) is 1. The number of aromatic nitrogens is 1. The lowest BCUT2D eigenvalue weighted by atomic mass is 10.0. The number of pyridine rings is 1. The molecule has 2 N–H and O–H groups in total. The molecule has 3 nitrogen and oxygen atoms in total. The smallest absolute Gasteiger partial charge is 0.0270 e. The summed E-state index contributed by atoms with van der Waals surface area (Å²) in [7, 11) is 0. The van der Waals surface area contributed by atoms with Crippen LogP contribution in [0.25, 0.3) is 0 Å². The van der Waals surface area contributed by atoms with Crippen LogP contribution in [-0.2, 0) is 6.42 Å². The predicted octanol–water partition coefficient (Wildman–Crippen LogP) is 2.32. The van der Waals surface area contributed by atoms with Crippen molar-refractivity contribution in [1.29, 1.82) is 0 Å². The molecular formula is C15H27N3. The van der Waals surface area contributed by atoms with Crippen LogP contribution < -0.4 is 5.73 Å². The largest absolute Gasteiger partial charge is 0.327 e. The summed E-state index contributed by atoms with van der Waals surface area (Å²) in [6.07, 6.45) is 5.89. The van der Waals surface area contributed by atoms with Gasteiger partial charge in [-0.05, 0) is 43.0 Å². The Labute approximate surface area is 111 Å². The van der Waals surface area contributed by atoms with Gasteiger partial charge in [0.15, 0.2) is 0 Å². The van der Waals surface area contributed by atoms with Gasteiger partial charge in [-0.1, -0.05) is 20.8 Å². The molecule has 0 radical (unpaired) electrons. The minimum atomic E-state index is 0.294. The number of nitrogens with zero attached hydrogens (tertiary/aromatic N) is 2. The van der Waals surface area contributed by atoms with Crippen LogP contribution in [-0.4, -0.2) is 35.6 Å². The van der Waals surface area contributed by atoms with Gasteiger partial charge in [0.05, 0.1) is 0 Å². The van der Waals surface area contributed by atoms with Crippen molar-refractivity contribution >= 4 is 0 Å². The number of hydrogen-bond acceptors (Lipinski definition) is 3. The molecule has 0 aromatic carbocycles. The highest BCUT2D eigenvalue weighted by molar-refractivity contribution is 5.09. The molecular weight excluding hydrogens is 222 g/mol. The van der Waals surface area contributed by atoms with Gasteiger partial charge in [0.2, 0.25) is 0 Å². The summed E-state index contributed by atoms with van der Waals surface area (Å²) in [6, 6.07) is 4.46. The van der Waals surface area contributed by atoms with Crippen molar-refractivity contribution in [2.75, 3.05) is 19.6 Å². The number of likely N-dealkylation sites (N-methyl/N-ethyl adjacent to an activating group) is 1. The van der Waals surface area contributed by atoms with E-state index in [1.54, 1.807) is 0 Å². The molecule has 0 fully saturated rings. The average Bonchev–Trinajstić information content (AvgIpc) is 2.34. The normalized spacial score (nSPS) is 13.2. The van der Waals surface area contributed by atoms with Gasteiger partial charge in [-0.25, -0.2) is 0 Å². The minimum absolute atomic E-state index is 0.294. The lowest BCUT2D eigenvalue weighted by Crippen LogP contribution is -2.39. The van der Waals surface area contributed by atoms with Crippen molar-refractivity contribution in [3.05, 3.63) is 30.1 Å². The molecule has 0 bridgehead atoms. The Morgan fingerprint density at radius 2 is 1.94 bits per heavy atom. The lowest BCUT2D eigenvalue weighted by molar-refractivity contribution is 0.260. The molecule has 1 rings (SSSR count). The Morgan fingerprint density at radius 1 is 1.28 bits per heavy atom. The SMILES string of the molecule is CCN(CCc1ccncc1)C[C@@H](N)CC(C)C. The minimum Gasteiger partial charge on any atom is -0.327 e. The fraction of sp³-hybridized carbons (Fsp3) is 0.667. The zero-order chi connectivity index (χ0) is 13.4. The van der Waals surface area contributed by atoms with Crippen LogP contribution in [0.3, 0.4) is 0 Å². The summed E-state index contributed by atoms with van der Waals surface area (Å²) in [5.41, 5.74) is 7.52. The number of rotatable bonds is 8. The first-order chi connectivity index (χ1) is 8.61. The van der Waals surface area contributed by atoms with Gasteiger partial charge in [-0.2, -0.15) is 0 Å². The van der Waals surface area contributed by atoms with Crippen LogP contribution in [0.1, 0.15) is 32.8 Å². The molecule has 18 heavy (non-hydrogen) atoms. The monoisotopic (exact) mass is 249 g/mol. The quantitative estimate of drug-likeness (QED) is 0.769. The van der Waals surface area contributed by atoms with E-state index in [1.807, 2.05) is 12.4 Å². The zero-order valence-corrected chi connectivity index (χ0v) is 12.0. The Kier molecular flexibility index (Phi) is 6.91. The molecule has 3 heteroatoms. The van der Waals surface area contributed by atoms with E-state index in [-0.39, 0.29) is 0 Å². The molecule has 0 saturated heterocycles. The molecule has 0 saturated carbocycles. The van der Waals surface area contributed by atoms with Crippen LogP contribution in [0, 0.1) is 5.92 Å². The highest BCUT2D eigenvalue weighted by Crippen LogP contribution is 2.06. The van der Waals surface area contributed by atoms with Gasteiger partial charge >= 0.3 is 0 Å². The molecule has 1 aromatic heterocycles. The summed E-state index contributed by atoms with van der Waals surface area (Å²) in [4.78, 5) is 6.48. The van der Waals surface area contributed by atoms with E-state index in [2.05, 4.69) is 42.8 Å². The maximum absolute atomic E-state index is 6.17. The van der Waals surface area contributed by atoms with E-state index >= 15 is 0 Å². The van der Waals surface area contributed by atoms with Gasteiger partial charge in [0.1, 0.15) is 0 Å². The summed E-state index contributed by atoms with van der Waals surface area (Å²) in [5, 5.41) is 0. The van der Waals surface area contributed by atoms with E-state index in [4.69, 9.17) is 5.73 Å². The Hall–Kier alpha value is -0.930. The second-order valence-electron chi connectivity index (χ2n) is 5.39. The highest BCUT2D eigenvalue weighted by atomic mass is 15.1.